The highest BCUT2D eigenvalue weighted by Gasteiger charge is 2.20. The number of benzene rings is 1. The van der Waals surface area contributed by atoms with Crippen LogP contribution < -0.4 is 10.6 Å². The summed E-state index contributed by atoms with van der Waals surface area (Å²) in [6, 6.07) is 8.69. The number of nitrogens with zero attached hydrogens (tertiary/aromatic N) is 2. The van der Waals surface area contributed by atoms with Crippen LogP contribution in [-0.2, 0) is 11.2 Å². The number of ether oxygens (including phenoxy) is 1. The van der Waals surface area contributed by atoms with Gasteiger partial charge in [0, 0.05) is 39.8 Å². The van der Waals surface area contributed by atoms with Gasteiger partial charge in [-0.2, -0.15) is 0 Å². The first-order valence-corrected chi connectivity index (χ1v) is 9.41. The highest BCUT2D eigenvalue weighted by Crippen LogP contribution is 2.07. The van der Waals surface area contributed by atoms with Crippen molar-refractivity contribution in [1.82, 2.24) is 15.5 Å². The van der Waals surface area contributed by atoms with E-state index in [-0.39, 0.29) is 6.10 Å². The fraction of sp³-hybridized carbons (Fsp3) is 0.650. The van der Waals surface area contributed by atoms with Crippen molar-refractivity contribution in [3.8, 4) is 0 Å². The second-order valence-electron chi connectivity index (χ2n) is 7.26. The lowest BCUT2D eigenvalue weighted by Gasteiger charge is -2.34. The zero-order valence-electron chi connectivity index (χ0n) is 16.2. The monoisotopic (exact) mass is 346 g/mol. The Bertz CT molecular complexity index is 527. The summed E-state index contributed by atoms with van der Waals surface area (Å²) >= 11 is 0. The minimum Gasteiger partial charge on any atom is -0.374 e. The van der Waals surface area contributed by atoms with Gasteiger partial charge in [-0.3, -0.25) is 9.89 Å². The summed E-state index contributed by atoms with van der Waals surface area (Å²) in [5, 5.41) is 6.78. The van der Waals surface area contributed by atoms with Gasteiger partial charge in [-0.25, -0.2) is 0 Å². The molecule has 1 aliphatic rings. The van der Waals surface area contributed by atoms with Crippen LogP contribution in [0.25, 0.3) is 0 Å². The number of hydrogen-bond acceptors (Lipinski definition) is 3. The second-order valence-corrected chi connectivity index (χ2v) is 7.26. The minimum absolute atomic E-state index is 0.225. The molecular weight excluding hydrogens is 312 g/mol. The smallest absolute Gasteiger partial charge is 0.191 e. The summed E-state index contributed by atoms with van der Waals surface area (Å²) in [6.07, 6.45) is 1.21. The first-order valence-electron chi connectivity index (χ1n) is 9.41. The summed E-state index contributed by atoms with van der Waals surface area (Å²) in [4.78, 5) is 6.80. The Morgan fingerprint density at radius 1 is 1.28 bits per heavy atom. The molecule has 1 aromatic rings. The van der Waals surface area contributed by atoms with Crippen molar-refractivity contribution >= 4 is 5.96 Å². The van der Waals surface area contributed by atoms with Gasteiger partial charge in [-0.05, 0) is 24.8 Å². The van der Waals surface area contributed by atoms with E-state index in [1.807, 2.05) is 7.05 Å². The van der Waals surface area contributed by atoms with E-state index < -0.39 is 0 Å². The molecule has 2 rings (SSSR count). The van der Waals surface area contributed by atoms with Crippen molar-refractivity contribution in [3.05, 3.63) is 35.4 Å². The van der Waals surface area contributed by atoms with Crippen molar-refractivity contribution in [2.75, 3.05) is 46.4 Å². The van der Waals surface area contributed by atoms with E-state index in [1.165, 1.54) is 11.1 Å². The Morgan fingerprint density at radius 2 is 2.04 bits per heavy atom. The first kappa shape index (κ1) is 19.7. The third kappa shape index (κ3) is 7.45. The molecule has 0 aromatic heterocycles. The van der Waals surface area contributed by atoms with Gasteiger partial charge < -0.3 is 15.4 Å². The lowest BCUT2D eigenvalue weighted by molar-refractivity contribution is -0.0284. The molecule has 1 fully saturated rings. The third-order valence-corrected chi connectivity index (χ3v) is 4.39. The van der Waals surface area contributed by atoms with Gasteiger partial charge in [-0.1, -0.05) is 43.7 Å². The van der Waals surface area contributed by atoms with Crippen LogP contribution in [0.3, 0.4) is 0 Å². The summed E-state index contributed by atoms with van der Waals surface area (Å²) in [7, 11) is 1.81. The van der Waals surface area contributed by atoms with Crippen molar-refractivity contribution in [3.63, 3.8) is 0 Å². The summed E-state index contributed by atoms with van der Waals surface area (Å²) in [5.74, 6) is 1.54. The molecule has 0 radical (unpaired) electrons. The molecule has 1 aromatic carbocycles. The Hall–Kier alpha value is -1.59. The van der Waals surface area contributed by atoms with Crippen molar-refractivity contribution in [2.24, 2.45) is 10.9 Å². The van der Waals surface area contributed by atoms with Gasteiger partial charge in [0.05, 0.1) is 12.7 Å². The molecule has 25 heavy (non-hydrogen) atoms. The molecule has 5 heteroatoms. The maximum atomic E-state index is 5.88. The zero-order valence-corrected chi connectivity index (χ0v) is 16.2. The van der Waals surface area contributed by atoms with E-state index in [9.17, 15) is 0 Å². The number of nitrogens with one attached hydrogen (secondary N) is 2. The van der Waals surface area contributed by atoms with Crippen LogP contribution in [0.5, 0.6) is 0 Å². The van der Waals surface area contributed by atoms with Gasteiger partial charge in [-0.15, -0.1) is 0 Å². The average Bonchev–Trinajstić information content (AvgIpc) is 2.59. The maximum Gasteiger partial charge on any atom is 0.191 e. The van der Waals surface area contributed by atoms with Gasteiger partial charge in [0.1, 0.15) is 0 Å². The fourth-order valence-electron chi connectivity index (χ4n) is 3.10. The number of guanidine groups is 1. The Morgan fingerprint density at radius 3 is 2.72 bits per heavy atom. The van der Waals surface area contributed by atoms with E-state index >= 15 is 0 Å². The van der Waals surface area contributed by atoms with Crippen LogP contribution in [0.15, 0.2) is 29.3 Å². The Kier molecular flexibility index (Phi) is 8.22. The summed E-state index contributed by atoms with van der Waals surface area (Å²) < 4.78 is 5.88. The number of rotatable bonds is 7. The Balaban J connectivity index is 1.68. The lowest BCUT2D eigenvalue weighted by Crippen LogP contribution is -2.50. The first-order chi connectivity index (χ1) is 12.1. The zero-order chi connectivity index (χ0) is 18.1. The fourth-order valence-corrected chi connectivity index (χ4v) is 3.10. The van der Waals surface area contributed by atoms with Crippen LogP contribution >= 0.6 is 0 Å². The standard InChI is InChI=1S/C20H34N4O/c1-16(2)14-24-11-12-25-19(15-24)13-23-20(21-4)22-10-9-18-7-5-17(3)6-8-18/h5-8,16,19H,9-15H2,1-4H3,(H2,21,22,23). The van der Waals surface area contributed by atoms with Crippen LogP contribution in [0.1, 0.15) is 25.0 Å². The van der Waals surface area contributed by atoms with E-state index in [4.69, 9.17) is 4.74 Å². The molecule has 0 aliphatic carbocycles. The summed E-state index contributed by atoms with van der Waals surface area (Å²) in [5.41, 5.74) is 2.64. The number of morpholine rings is 1. The molecule has 5 nitrogen and oxygen atoms in total. The highest BCUT2D eigenvalue weighted by atomic mass is 16.5. The van der Waals surface area contributed by atoms with E-state index in [0.717, 1.165) is 51.7 Å². The van der Waals surface area contributed by atoms with Crippen LogP contribution in [0.4, 0.5) is 0 Å². The second kappa shape index (κ2) is 10.4. The van der Waals surface area contributed by atoms with Gasteiger partial charge in [0.15, 0.2) is 5.96 Å². The maximum absolute atomic E-state index is 5.88. The molecular formula is C20H34N4O. The minimum atomic E-state index is 0.225. The number of hydrogen-bond donors (Lipinski definition) is 2. The number of aliphatic imine (C=N–C) groups is 1. The molecule has 1 unspecified atom stereocenters. The molecule has 2 N–H and O–H groups in total. The normalized spacial score (nSPS) is 19.2. The highest BCUT2D eigenvalue weighted by molar-refractivity contribution is 5.79. The predicted molar refractivity (Wildman–Crippen MR) is 105 cm³/mol. The molecule has 0 spiro atoms. The predicted octanol–water partition coefficient (Wildman–Crippen LogP) is 2.06. The van der Waals surface area contributed by atoms with Crippen molar-refractivity contribution < 1.29 is 4.74 Å². The van der Waals surface area contributed by atoms with E-state index in [1.54, 1.807) is 0 Å². The molecule has 140 valence electrons. The quantitative estimate of drug-likeness (QED) is 0.586. The van der Waals surface area contributed by atoms with Gasteiger partial charge in [0.2, 0.25) is 0 Å². The van der Waals surface area contributed by atoms with Crippen molar-refractivity contribution in [1.29, 1.82) is 0 Å². The average molecular weight is 347 g/mol. The SMILES string of the molecule is CN=C(NCCc1ccc(C)cc1)NCC1CN(CC(C)C)CCO1. The van der Waals surface area contributed by atoms with E-state index in [2.05, 4.69) is 65.6 Å². The molecule has 1 heterocycles. The summed E-state index contributed by atoms with van der Waals surface area (Å²) in [6.45, 7) is 12.3. The van der Waals surface area contributed by atoms with Crippen LogP contribution in [0.2, 0.25) is 0 Å². The third-order valence-electron chi connectivity index (χ3n) is 4.39. The van der Waals surface area contributed by atoms with Crippen LogP contribution in [-0.4, -0.2) is 63.3 Å². The van der Waals surface area contributed by atoms with Crippen molar-refractivity contribution in [2.45, 2.75) is 33.3 Å². The largest absolute Gasteiger partial charge is 0.374 e. The van der Waals surface area contributed by atoms with E-state index in [0.29, 0.717) is 5.92 Å². The van der Waals surface area contributed by atoms with Crippen LogP contribution in [0, 0.1) is 12.8 Å². The number of aryl methyl sites for hydroxylation is 1. The molecule has 1 atom stereocenters. The Labute approximate surface area is 152 Å². The molecule has 1 aliphatic heterocycles. The lowest BCUT2D eigenvalue weighted by atomic mass is 10.1. The van der Waals surface area contributed by atoms with Gasteiger partial charge in [0.25, 0.3) is 0 Å². The molecule has 1 saturated heterocycles. The van der Waals surface area contributed by atoms with Gasteiger partial charge >= 0.3 is 0 Å². The molecule has 0 amide bonds. The topological polar surface area (TPSA) is 48.9 Å². The molecule has 0 bridgehead atoms. The molecule has 0 saturated carbocycles.